The van der Waals surface area contributed by atoms with Crippen LogP contribution in [0.2, 0.25) is 0 Å². The van der Waals surface area contributed by atoms with E-state index in [1.807, 2.05) is 0 Å². The van der Waals surface area contributed by atoms with E-state index in [9.17, 15) is 22.4 Å². The van der Waals surface area contributed by atoms with Crippen LogP contribution in [-0.2, 0) is 11.0 Å². The number of benzene rings is 2. The summed E-state index contributed by atoms with van der Waals surface area (Å²) in [7, 11) is 0. The van der Waals surface area contributed by atoms with Crippen LogP contribution in [0.25, 0.3) is 6.08 Å². The topological polar surface area (TPSA) is 29.1 Å². The van der Waals surface area contributed by atoms with Gasteiger partial charge in [-0.2, -0.15) is 13.2 Å². The largest absolute Gasteiger partial charge is 0.416 e. The fourth-order valence-electron chi connectivity index (χ4n) is 1.73. The third kappa shape index (κ3) is 4.18. The molecular weight excluding hydrogens is 298 g/mol. The summed E-state index contributed by atoms with van der Waals surface area (Å²) in [5, 5.41) is 2.30. The van der Waals surface area contributed by atoms with E-state index < -0.39 is 23.5 Å². The molecule has 0 aliphatic rings. The molecule has 0 radical (unpaired) electrons. The van der Waals surface area contributed by atoms with Gasteiger partial charge in [0.25, 0.3) is 0 Å². The molecule has 1 N–H and O–H groups in total. The Kier molecular flexibility index (Phi) is 4.60. The molecule has 0 aromatic heterocycles. The Hall–Kier alpha value is -2.63. The van der Waals surface area contributed by atoms with Crippen LogP contribution in [0.3, 0.4) is 0 Å². The van der Waals surface area contributed by atoms with E-state index in [2.05, 4.69) is 5.32 Å². The second-order valence-corrected chi connectivity index (χ2v) is 4.42. The van der Waals surface area contributed by atoms with E-state index >= 15 is 0 Å². The van der Waals surface area contributed by atoms with Gasteiger partial charge >= 0.3 is 6.18 Å². The van der Waals surface area contributed by atoms with Crippen molar-refractivity contribution in [1.82, 2.24) is 0 Å². The molecule has 0 aliphatic heterocycles. The lowest BCUT2D eigenvalue weighted by molar-refractivity contribution is -0.137. The maximum absolute atomic E-state index is 13.3. The first-order valence-corrected chi connectivity index (χ1v) is 6.27. The van der Waals surface area contributed by atoms with Crippen molar-refractivity contribution in [2.75, 3.05) is 5.32 Å². The minimum Gasteiger partial charge on any atom is -0.322 e. The Bertz CT molecular complexity index is 707. The van der Waals surface area contributed by atoms with Gasteiger partial charge in [-0.25, -0.2) is 4.39 Å². The minimum atomic E-state index is -4.48. The molecule has 0 bridgehead atoms. The SMILES string of the molecule is O=C(/C=C/c1ccccc1F)Nc1cccc(C(F)(F)F)c1. The van der Waals surface area contributed by atoms with Gasteiger partial charge in [0.05, 0.1) is 5.56 Å². The molecule has 114 valence electrons. The normalized spacial score (nSPS) is 11.6. The number of alkyl halides is 3. The van der Waals surface area contributed by atoms with Crippen molar-refractivity contribution in [3.8, 4) is 0 Å². The van der Waals surface area contributed by atoms with Crippen molar-refractivity contribution in [1.29, 1.82) is 0 Å². The van der Waals surface area contributed by atoms with Crippen LogP contribution in [-0.4, -0.2) is 5.91 Å². The number of halogens is 4. The first-order valence-electron chi connectivity index (χ1n) is 6.27. The minimum absolute atomic E-state index is 0.0120. The molecule has 2 aromatic rings. The summed E-state index contributed by atoms with van der Waals surface area (Å²) in [6.07, 6.45) is -2.18. The number of carbonyl (C=O) groups excluding carboxylic acids is 1. The molecular formula is C16H11F4NO. The summed E-state index contributed by atoms with van der Waals surface area (Å²) in [6.45, 7) is 0. The maximum Gasteiger partial charge on any atom is 0.416 e. The van der Waals surface area contributed by atoms with Crippen LogP contribution in [0.4, 0.5) is 23.2 Å². The van der Waals surface area contributed by atoms with Crippen molar-refractivity contribution < 1.29 is 22.4 Å². The lowest BCUT2D eigenvalue weighted by Gasteiger charge is -2.08. The molecule has 2 nitrogen and oxygen atoms in total. The van der Waals surface area contributed by atoms with Crippen LogP contribution in [0.5, 0.6) is 0 Å². The first kappa shape index (κ1) is 15.8. The molecule has 6 heteroatoms. The molecule has 0 atom stereocenters. The molecule has 0 saturated carbocycles. The van der Waals surface area contributed by atoms with Gasteiger partial charge < -0.3 is 5.32 Å². The molecule has 0 fully saturated rings. The average molecular weight is 309 g/mol. The fourth-order valence-corrected chi connectivity index (χ4v) is 1.73. The predicted octanol–water partition coefficient (Wildman–Crippen LogP) is 4.50. The standard InChI is InChI=1S/C16H11F4NO/c17-14-7-2-1-4-11(14)8-9-15(22)21-13-6-3-5-12(10-13)16(18,19)20/h1-10H,(H,21,22)/b9-8+. The van der Waals surface area contributed by atoms with Crippen LogP contribution in [0.1, 0.15) is 11.1 Å². The van der Waals surface area contributed by atoms with Crippen LogP contribution in [0.15, 0.2) is 54.6 Å². The third-order valence-electron chi connectivity index (χ3n) is 2.78. The van der Waals surface area contributed by atoms with E-state index in [1.165, 1.54) is 36.4 Å². The van der Waals surface area contributed by atoms with Crippen molar-refractivity contribution >= 4 is 17.7 Å². The fraction of sp³-hybridized carbons (Fsp3) is 0.0625. The summed E-state index contributed by atoms with van der Waals surface area (Å²) in [4.78, 5) is 11.7. The number of nitrogens with one attached hydrogen (secondary N) is 1. The zero-order valence-electron chi connectivity index (χ0n) is 11.2. The molecule has 0 saturated heterocycles. The second kappa shape index (κ2) is 6.43. The first-order chi connectivity index (χ1) is 10.4. The number of hydrogen-bond acceptors (Lipinski definition) is 1. The van der Waals surface area contributed by atoms with Gasteiger partial charge in [0.2, 0.25) is 5.91 Å². The van der Waals surface area contributed by atoms with Crippen LogP contribution < -0.4 is 5.32 Å². The number of anilines is 1. The molecule has 2 rings (SSSR count). The highest BCUT2D eigenvalue weighted by atomic mass is 19.4. The zero-order chi connectivity index (χ0) is 16.2. The Labute approximate surface area is 124 Å². The van der Waals surface area contributed by atoms with Crippen molar-refractivity contribution in [2.24, 2.45) is 0 Å². The summed E-state index contributed by atoms with van der Waals surface area (Å²) in [5.41, 5.74) is -0.636. The van der Waals surface area contributed by atoms with Crippen molar-refractivity contribution in [3.05, 3.63) is 71.6 Å². The van der Waals surface area contributed by atoms with Crippen LogP contribution in [0, 0.1) is 5.82 Å². The quantitative estimate of drug-likeness (QED) is 0.656. The van der Waals surface area contributed by atoms with E-state index in [-0.39, 0.29) is 11.3 Å². The smallest absolute Gasteiger partial charge is 0.322 e. The third-order valence-corrected chi connectivity index (χ3v) is 2.78. The average Bonchev–Trinajstić information content (AvgIpc) is 2.46. The molecule has 0 heterocycles. The van der Waals surface area contributed by atoms with E-state index in [4.69, 9.17) is 0 Å². The van der Waals surface area contributed by atoms with Gasteiger partial charge in [-0.05, 0) is 30.3 Å². The van der Waals surface area contributed by atoms with E-state index in [0.29, 0.717) is 0 Å². The Morgan fingerprint density at radius 2 is 1.77 bits per heavy atom. The molecule has 0 unspecified atom stereocenters. The van der Waals surface area contributed by atoms with Crippen molar-refractivity contribution in [2.45, 2.75) is 6.18 Å². The summed E-state index contributed by atoms with van der Waals surface area (Å²) < 4.78 is 51.0. The number of hydrogen-bond donors (Lipinski definition) is 1. The summed E-state index contributed by atoms with van der Waals surface area (Å²) >= 11 is 0. The highest BCUT2D eigenvalue weighted by Crippen LogP contribution is 2.30. The maximum atomic E-state index is 13.3. The van der Waals surface area contributed by atoms with Crippen LogP contribution >= 0.6 is 0 Å². The van der Waals surface area contributed by atoms with Crippen molar-refractivity contribution in [3.63, 3.8) is 0 Å². The Morgan fingerprint density at radius 3 is 2.45 bits per heavy atom. The Morgan fingerprint density at radius 1 is 1.05 bits per heavy atom. The monoisotopic (exact) mass is 309 g/mol. The van der Waals surface area contributed by atoms with Gasteiger partial charge in [-0.3, -0.25) is 4.79 Å². The van der Waals surface area contributed by atoms with Gasteiger partial charge in [0.1, 0.15) is 5.82 Å². The van der Waals surface area contributed by atoms with Gasteiger partial charge in [-0.1, -0.05) is 24.3 Å². The van der Waals surface area contributed by atoms with Gasteiger partial charge in [0, 0.05) is 17.3 Å². The van der Waals surface area contributed by atoms with Gasteiger partial charge in [-0.15, -0.1) is 0 Å². The lowest BCUT2D eigenvalue weighted by Crippen LogP contribution is -2.10. The molecule has 22 heavy (non-hydrogen) atoms. The van der Waals surface area contributed by atoms with E-state index in [1.54, 1.807) is 6.07 Å². The number of amides is 1. The number of carbonyl (C=O) groups is 1. The summed E-state index contributed by atoms with van der Waals surface area (Å²) in [6, 6.07) is 10.1. The summed E-state index contributed by atoms with van der Waals surface area (Å²) in [5.74, 6) is -1.15. The highest BCUT2D eigenvalue weighted by molar-refractivity contribution is 6.01. The van der Waals surface area contributed by atoms with Gasteiger partial charge in [0.15, 0.2) is 0 Å². The highest BCUT2D eigenvalue weighted by Gasteiger charge is 2.30. The predicted molar refractivity (Wildman–Crippen MR) is 75.5 cm³/mol. The Balaban J connectivity index is 2.08. The number of rotatable bonds is 3. The lowest BCUT2D eigenvalue weighted by atomic mass is 10.2. The second-order valence-electron chi connectivity index (χ2n) is 4.42. The molecule has 0 spiro atoms. The van der Waals surface area contributed by atoms with E-state index in [0.717, 1.165) is 18.2 Å². The zero-order valence-corrected chi connectivity index (χ0v) is 11.2. The molecule has 0 aliphatic carbocycles. The molecule has 1 amide bonds. The molecule has 2 aromatic carbocycles.